The number of nitrogens with one attached hydrogen (secondary N) is 1. The SMILES string of the molecule is Cc1cn([C@H]2CCN(C(=O)CCCc3cn(C)c4ccccc34)C[C@]2(C)O)c(=O)[nH]c1=O. The highest BCUT2D eigenvalue weighted by atomic mass is 16.3. The van der Waals surface area contributed by atoms with Crippen molar-refractivity contribution in [2.24, 2.45) is 7.05 Å². The number of hydrogen-bond acceptors (Lipinski definition) is 4. The Morgan fingerprint density at radius 3 is 2.75 bits per heavy atom. The number of H-pyrrole nitrogens is 1. The predicted molar refractivity (Wildman–Crippen MR) is 123 cm³/mol. The average Bonchev–Trinajstić information content (AvgIpc) is 3.06. The summed E-state index contributed by atoms with van der Waals surface area (Å²) in [6, 6.07) is 7.73. The third-order valence-corrected chi connectivity index (χ3v) is 6.55. The monoisotopic (exact) mass is 438 g/mol. The van der Waals surface area contributed by atoms with Crippen LogP contribution in [0.2, 0.25) is 0 Å². The highest BCUT2D eigenvalue weighted by molar-refractivity contribution is 5.84. The van der Waals surface area contributed by atoms with Gasteiger partial charge in [0.25, 0.3) is 5.56 Å². The van der Waals surface area contributed by atoms with E-state index in [9.17, 15) is 19.5 Å². The number of rotatable bonds is 5. The van der Waals surface area contributed by atoms with Crippen LogP contribution in [0.15, 0.2) is 46.2 Å². The van der Waals surface area contributed by atoms with Crippen LogP contribution >= 0.6 is 0 Å². The van der Waals surface area contributed by atoms with Gasteiger partial charge in [-0.15, -0.1) is 0 Å². The lowest BCUT2D eigenvalue weighted by molar-refractivity contribution is -0.140. The molecule has 32 heavy (non-hydrogen) atoms. The number of aryl methyl sites for hydroxylation is 3. The molecule has 0 unspecified atom stereocenters. The molecule has 2 aromatic heterocycles. The minimum atomic E-state index is -1.28. The highest BCUT2D eigenvalue weighted by Crippen LogP contribution is 2.31. The normalized spacial score (nSPS) is 21.2. The molecule has 0 spiro atoms. The molecular formula is C24H30N4O4. The quantitative estimate of drug-likeness (QED) is 0.635. The van der Waals surface area contributed by atoms with Crippen LogP contribution in [0.25, 0.3) is 10.9 Å². The van der Waals surface area contributed by atoms with Gasteiger partial charge in [0.2, 0.25) is 5.91 Å². The topological polar surface area (TPSA) is 100 Å². The number of aliphatic hydroxyl groups is 1. The van der Waals surface area contributed by atoms with Gasteiger partial charge in [-0.3, -0.25) is 19.1 Å². The third kappa shape index (κ3) is 4.14. The van der Waals surface area contributed by atoms with Crippen LogP contribution in [0.3, 0.4) is 0 Å². The summed E-state index contributed by atoms with van der Waals surface area (Å²) in [6.45, 7) is 3.87. The standard InChI is InChI=1S/C24H30N4O4/c1-16-13-28(23(31)25-22(16)30)20-11-12-27(15-24(20,2)32)21(29)10-6-7-17-14-26(3)19-9-5-4-8-18(17)19/h4-5,8-9,13-14,20,32H,6-7,10-12,15H2,1-3H3,(H,25,30,31)/t20-,24-/m0/s1. The van der Waals surface area contributed by atoms with Crippen LogP contribution in [0.4, 0.5) is 0 Å². The van der Waals surface area contributed by atoms with Gasteiger partial charge < -0.3 is 14.6 Å². The summed E-state index contributed by atoms with van der Waals surface area (Å²) in [5.41, 5.74) is 0.574. The second kappa shape index (κ2) is 8.43. The minimum absolute atomic E-state index is 0.00829. The average molecular weight is 439 g/mol. The van der Waals surface area contributed by atoms with E-state index in [1.54, 1.807) is 18.7 Å². The van der Waals surface area contributed by atoms with Gasteiger partial charge in [-0.1, -0.05) is 18.2 Å². The summed E-state index contributed by atoms with van der Waals surface area (Å²) in [5, 5.41) is 12.3. The number of carbonyl (C=O) groups is 1. The van der Waals surface area contributed by atoms with Crippen molar-refractivity contribution in [3.05, 3.63) is 68.6 Å². The number of para-hydroxylation sites is 1. The van der Waals surface area contributed by atoms with Crippen LogP contribution in [-0.4, -0.2) is 48.7 Å². The van der Waals surface area contributed by atoms with Crippen molar-refractivity contribution >= 4 is 16.8 Å². The van der Waals surface area contributed by atoms with E-state index >= 15 is 0 Å². The first-order chi connectivity index (χ1) is 15.2. The predicted octanol–water partition coefficient (Wildman–Crippen LogP) is 1.88. The number of amides is 1. The molecule has 8 heteroatoms. The van der Waals surface area contributed by atoms with Crippen molar-refractivity contribution < 1.29 is 9.90 Å². The number of piperidine rings is 1. The van der Waals surface area contributed by atoms with E-state index in [2.05, 4.69) is 27.9 Å². The Hall–Kier alpha value is -3.13. The Bertz CT molecular complexity index is 1270. The number of aromatic amines is 1. The Labute approximate surface area is 186 Å². The molecule has 0 bridgehead atoms. The molecule has 1 aliphatic rings. The number of fused-ring (bicyclic) bond motifs is 1. The lowest BCUT2D eigenvalue weighted by Crippen LogP contribution is -2.56. The zero-order valence-electron chi connectivity index (χ0n) is 18.8. The van der Waals surface area contributed by atoms with Crippen molar-refractivity contribution in [3.63, 3.8) is 0 Å². The van der Waals surface area contributed by atoms with Crippen LogP contribution in [0.5, 0.6) is 0 Å². The molecule has 0 radical (unpaired) electrons. The van der Waals surface area contributed by atoms with E-state index in [-0.39, 0.29) is 12.5 Å². The molecule has 170 valence electrons. The summed E-state index contributed by atoms with van der Waals surface area (Å²) in [7, 11) is 2.03. The van der Waals surface area contributed by atoms with Crippen molar-refractivity contribution in [1.29, 1.82) is 0 Å². The van der Waals surface area contributed by atoms with Gasteiger partial charge in [0.15, 0.2) is 0 Å². The lowest BCUT2D eigenvalue weighted by atomic mass is 9.88. The molecule has 3 aromatic rings. The number of likely N-dealkylation sites (tertiary alicyclic amines) is 1. The van der Waals surface area contributed by atoms with Gasteiger partial charge in [0.1, 0.15) is 5.60 Å². The molecule has 4 rings (SSSR count). The lowest BCUT2D eigenvalue weighted by Gasteiger charge is -2.43. The maximum atomic E-state index is 12.8. The van der Waals surface area contributed by atoms with E-state index < -0.39 is 22.9 Å². The molecule has 0 saturated carbocycles. The summed E-state index contributed by atoms with van der Waals surface area (Å²) in [5.74, 6) is 0.00829. The van der Waals surface area contributed by atoms with Crippen molar-refractivity contribution in [2.45, 2.75) is 51.2 Å². The number of hydrogen-bond donors (Lipinski definition) is 2. The number of nitrogens with zero attached hydrogens (tertiary/aromatic N) is 3. The molecule has 1 fully saturated rings. The molecule has 0 aliphatic carbocycles. The zero-order valence-corrected chi connectivity index (χ0v) is 18.8. The van der Waals surface area contributed by atoms with Crippen molar-refractivity contribution in [1.82, 2.24) is 19.0 Å². The maximum Gasteiger partial charge on any atom is 0.328 e. The second-order valence-corrected chi connectivity index (χ2v) is 9.09. The highest BCUT2D eigenvalue weighted by Gasteiger charge is 2.41. The first-order valence-corrected chi connectivity index (χ1v) is 11.0. The van der Waals surface area contributed by atoms with Gasteiger partial charge in [0, 0.05) is 48.9 Å². The van der Waals surface area contributed by atoms with Gasteiger partial charge in [-0.2, -0.15) is 0 Å². The molecule has 2 N–H and O–H groups in total. The summed E-state index contributed by atoms with van der Waals surface area (Å²) >= 11 is 0. The number of aromatic nitrogens is 3. The Balaban J connectivity index is 1.39. The summed E-state index contributed by atoms with van der Waals surface area (Å²) in [4.78, 5) is 40.8. The fourth-order valence-electron chi connectivity index (χ4n) is 4.84. The Morgan fingerprint density at radius 2 is 2.00 bits per heavy atom. The maximum absolute atomic E-state index is 12.8. The van der Waals surface area contributed by atoms with Gasteiger partial charge in [-0.05, 0) is 44.7 Å². The molecule has 1 aliphatic heterocycles. The van der Waals surface area contributed by atoms with Gasteiger partial charge in [-0.25, -0.2) is 4.79 Å². The smallest absolute Gasteiger partial charge is 0.328 e. The number of carbonyl (C=O) groups excluding carboxylic acids is 1. The minimum Gasteiger partial charge on any atom is -0.386 e. The fraction of sp³-hybridized carbons (Fsp3) is 0.458. The first-order valence-electron chi connectivity index (χ1n) is 11.0. The Kier molecular flexibility index (Phi) is 5.81. The molecule has 1 aromatic carbocycles. The fourth-order valence-corrected chi connectivity index (χ4v) is 4.84. The van der Waals surface area contributed by atoms with Crippen LogP contribution in [0, 0.1) is 6.92 Å². The molecule has 3 heterocycles. The third-order valence-electron chi connectivity index (χ3n) is 6.55. The van der Waals surface area contributed by atoms with Crippen molar-refractivity contribution in [3.8, 4) is 0 Å². The van der Waals surface area contributed by atoms with Gasteiger partial charge in [0.05, 0.1) is 12.6 Å². The summed E-state index contributed by atoms with van der Waals surface area (Å²) in [6.07, 6.45) is 5.99. The number of β-amino-alcohol motifs (C(OH)–C–C–N with tert-alkyl or cyclic N) is 1. The van der Waals surface area contributed by atoms with E-state index in [1.165, 1.54) is 27.2 Å². The van der Waals surface area contributed by atoms with Crippen molar-refractivity contribution in [2.75, 3.05) is 13.1 Å². The molecule has 1 saturated heterocycles. The van der Waals surface area contributed by atoms with E-state index in [0.29, 0.717) is 24.9 Å². The van der Waals surface area contributed by atoms with Crippen LogP contribution < -0.4 is 11.2 Å². The Morgan fingerprint density at radius 1 is 1.25 bits per heavy atom. The molecular weight excluding hydrogens is 408 g/mol. The molecule has 8 nitrogen and oxygen atoms in total. The van der Waals surface area contributed by atoms with Crippen LogP contribution in [-0.2, 0) is 18.3 Å². The largest absolute Gasteiger partial charge is 0.386 e. The van der Waals surface area contributed by atoms with Crippen LogP contribution in [0.1, 0.15) is 43.4 Å². The van der Waals surface area contributed by atoms with E-state index in [4.69, 9.17) is 0 Å². The zero-order chi connectivity index (χ0) is 23.0. The molecule has 2 atom stereocenters. The van der Waals surface area contributed by atoms with E-state index in [1.807, 2.05) is 19.2 Å². The van der Waals surface area contributed by atoms with Gasteiger partial charge >= 0.3 is 5.69 Å². The second-order valence-electron chi connectivity index (χ2n) is 9.09. The van der Waals surface area contributed by atoms with E-state index in [0.717, 1.165) is 12.8 Å². The molecule has 1 amide bonds. The summed E-state index contributed by atoms with van der Waals surface area (Å²) < 4.78 is 3.49. The number of benzene rings is 1. The first kappa shape index (κ1) is 22.1.